The van der Waals surface area contributed by atoms with Crippen molar-refractivity contribution in [2.75, 3.05) is 32.8 Å². The molecule has 4 atom stereocenters. The third kappa shape index (κ3) is 9.48. The van der Waals surface area contributed by atoms with E-state index in [1.807, 2.05) is 88.4 Å². The molecule has 0 unspecified atom stereocenters. The minimum atomic E-state index is -0.721. The van der Waals surface area contributed by atoms with Crippen LogP contribution in [0.5, 0.6) is 0 Å². The summed E-state index contributed by atoms with van der Waals surface area (Å²) in [5, 5.41) is 0. The summed E-state index contributed by atoms with van der Waals surface area (Å²) in [6, 6.07) is 34.0. The maximum atomic E-state index is 13.1. The molecule has 0 bridgehead atoms. The average molecular weight is 828 g/mol. The molecule has 2 heterocycles. The van der Waals surface area contributed by atoms with Crippen LogP contribution in [0.3, 0.4) is 0 Å². The van der Waals surface area contributed by atoms with E-state index < -0.39 is 17.2 Å². The third-order valence-electron chi connectivity index (χ3n) is 12.3. The zero-order chi connectivity index (χ0) is 43.4. The smallest absolute Gasteiger partial charge is 0.410 e. The first kappa shape index (κ1) is 43.4. The number of fused-ring (bicyclic) bond motifs is 2. The molecule has 0 spiro atoms. The van der Waals surface area contributed by atoms with E-state index in [0.717, 1.165) is 24.8 Å². The number of nitrogens with zero attached hydrogens (tertiary/aromatic N) is 3. The molecule has 11 nitrogen and oxygen atoms in total. The lowest BCUT2D eigenvalue weighted by Gasteiger charge is -2.36. The molecule has 5 amide bonds. The Morgan fingerprint density at radius 2 is 1.05 bits per heavy atom. The topological polar surface area (TPSA) is 123 Å². The van der Waals surface area contributed by atoms with Crippen LogP contribution in [0.25, 0.3) is 0 Å². The fourth-order valence-corrected chi connectivity index (χ4v) is 9.02. The standard InChI is InChI=1S/C27H32N2O5.C23H25NO3/c1-5-29(25(32)34-26(2,3)4)27(15-20(27)17-33-16-19-11-7-6-8-12-19)18-28-23(30)21-13-9-10-14-22(21)24(28)31;1-2-12-23(13-18(23)15-27-14-17-8-4-3-5-9-17)16-24-21(25)19-10-6-7-11-20(19)22(24)26/h6-14,20H,5,15-18H2,1-4H3;3-11,18H,2,12-16H2,1H3/t20-,27-;18-,23+/m00/s1. The van der Waals surface area contributed by atoms with Crippen molar-refractivity contribution in [3.05, 3.63) is 143 Å². The summed E-state index contributed by atoms with van der Waals surface area (Å²) >= 11 is 0. The number of likely N-dealkylation sites (N-methyl/N-ethyl adjacent to an activating group) is 1. The Hall–Kier alpha value is -5.65. The van der Waals surface area contributed by atoms with Crippen molar-refractivity contribution in [1.82, 2.24) is 14.7 Å². The van der Waals surface area contributed by atoms with Crippen LogP contribution in [0, 0.1) is 17.3 Å². The van der Waals surface area contributed by atoms with E-state index in [9.17, 15) is 24.0 Å². The Morgan fingerprint density at radius 3 is 1.48 bits per heavy atom. The molecule has 2 aliphatic carbocycles. The highest BCUT2D eigenvalue weighted by Crippen LogP contribution is 2.57. The molecule has 61 heavy (non-hydrogen) atoms. The van der Waals surface area contributed by atoms with Crippen molar-refractivity contribution in [3.63, 3.8) is 0 Å². The number of benzene rings is 4. The summed E-state index contributed by atoms with van der Waals surface area (Å²) in [4.78, 5) is 69.1. The lowest BCUT2D eigenvalue weighted by molar-refractivity contribution is 0.00343. The monoisotopic (exact) mass is 827 g/mol. The fraction of sp³-hybridized carbons (Fsp3) is 0.420. The molecule has 4 aliphatic rings. The van der Waals surface area contributed by atoms with Crippen molar-refractivity contribution in [2.45, 2.75) is 84.7 Å². The lowest BCUT2D eigenvalue weighted by atomic mass is 9.96. The van der Waals surface area contributed by atoms with Gasteiger partial charge in [0.25, 0.3) is 23.6 Å². The summed E-state index contributed by atoms with van der Waals surface area (Å²) < 4.78 is 17.6. The first-order chi connectivity index (χ1) is 29.3. The second kappa shape index (κ2) is 18.1. The molecule has 0 aromatic heterocycles. The maximum Gasteiger partial charge on any atom is 0.410 e. The maximum absolute atomic E-state index is 13.1. The molecule has 4 aromatic carbocycles. The van der Waals surface area contributed by atoms with Gasteiger partial charge in [0.15, 0.2) is 0 Å². The van der Waals surface area contributed by atoms with Crippen LogP contribution < -0.4 is 0 Å². The Labute approximate surface area is 359 Å². The van der Waals surface area contributed by atoms with Crippen molar-refractivity contribution < 1.29 is 38.2 Å². The number of carbonyl (C=O) groups is 5. The molecular formula is C50H57N3O8. The van der Waals surface area contributed by atoms with E-state index in [2.05, 4.69) is 19.1 Å². The van der Waals surface area contributed by atoms with Crippen molar-refractivity contribution in [1.29, 1.82) is 0 Å². The highest BCUT2D eigenvalue weighted by atomic mass is 16.6. The van der Waals surface area contributed by atoms with Crippen LogP contribution in [0.4, 0.5) is 4.79 Å². The second-order valence-electron chi connectivity index (χ2n) is 17.7. The molecule has 8 rings (SSSR count). The van der Waals surface area contributed by atoms with E-state index in [0.29, 0.717) is 74.1 Å². The number of ether oxygens (including phenoxy) is 3. The minimum Gasteiger partial charge on any atom is -0.444 e. The molecule has 320 valence electrons. The highest BCUT2D eigenvalue weighted by Gasteiger charge is 2.62. The molecule has 2 saturated carbocycles. The number of imide groups is 2. The number of carbonyl (C=O) groups excluding carboxylic acids is 5. The van der Waals surface area contributed by atoms with Gasteiger partial charge in [0.2, 0.25) is 0 Å². The molecule has 11 heteroatoms. The zero-order valence-corrected chi connectivity index (χ0v) is 35.9. The van der Waals surface area contributed by atoms with Gasteiger partial charge < -0.3 is 19.1 Å². The summed E-state index contributed by atoms with van der Waals surface area (Å²) in [5.74, 6) is -0.561. The summed E-state index contributed by atoms with van der Waals surface area (Å²) in [6.07, 6.45) is 3.25. The van der Waals surface area contributed by atoms with Crippen molar-refractivity contribution >= 4 is 29.7 Å². The Morgan fingerprint density at radius 1 is 0.623 bits per heavy atom. The molecule has 2 fully saturated rings. The summed E-state index contributed by atoms with van der Waals surface area (Å²) in [6.45, 7) is 12.7. The van der Waals surface area contributed by atoms with Gasteiger partial charge in [-0.05, 0) is 93.7 Å². The first-order valence-electron chi connectivity index (χ1n) is 21.4. The van der Waals surface area contributed by atoms with E-state index in [4.69, 9.17) is 14.2 Å². The molecule has 2 aliphatic heterocycles. The predicted molar refractivity (Wildman–Crippen MR) is 231 cm³/mol. The van der Waals surface area contributed by atoms with Gasteiger partial charge in [0.1, 0.15) is 5.60 Å². The quantitative estimate of drug-likeness (QED) is 0.103. The second-order valence-corrected chi connectivity index (χ2v) is 17.7. The van der Waals surface area contributed by atoms with E-state index >= 15 is 0 Å². The highest BCUT2D eigenvalue weighted by molar-refractivity contribution is 6.22. The minimum absolute atomic E-state index is 0.0127. The van der Waals surface area contributed by atoms with Gasteiger partial charge in [0, 0.05) is 19.0 Å². The summed E-state index contributed by atoms with van der Waals surface area (Å²) in [5.41, 5.74) is 2.74. The van der Waals surface area contributed by atoms with Gasteiger partial charge in [-0.3, -0.25) is 29.0 Å². The van der Waals surface area contributed by atoms with Crippen molar-refractivity contribution in [3.8, 4) is 0 Å². The molecule has 0 saturated heterocycles. The van der Waals surface area contributed by atoms with Gasteiger partial charge in [-0.25, -0.2) is 4.79 Å². The molecule has 0 N–H and O–H groups in total. The zero-order valence-electron chi connectivity index (χ0n) is 35.9. The fourth-order valence-electron chi connectivity index (χ4n) is 9.02. The van der Waals surface area contributed by atoms with Crippen LogP contribution in [-0.4, -0.2) is 88.4 Å². The largest absolute Gasteiger partial charge is 0.444 e. The third-order valence-corrected chi connectivity index (χ3v) is 12.3. The Balaban J connectivity index is 0.000000189. The van der Waals surface area contributed by atoms with E-state index in [1.165, 1.54) is 15.4 Å². The SMILES string of the molecule is CCC[C@]1(CN2C(=O)c3ccccc3C2=O)C[C@H]1COCc1ccccc1.CCN(C(=O)OC(C)(C)C)[C@]1(CN2C(=O)c3ccccc3C2=O)C[C@H]1COCc1ccccc1. The van der Waals surface area contributed by atoms with Crippen LogP contribution >= 0.6 is 0 Å². The average Bonchev–Trinajstić information content (AvgIpc) is 4.10. The molecule has 0 radical (unpaired) electrons. The van der Waals surface area contributed by atoms with Gasteiger partial charge in [-0.1, -0.05) is 98.3 Å². The van der Waals surface area contributed by atoms with Gasteiger partial charge in [0.05, 0.1) is 60.8 Å². The van der Waals surface area contributed by atoms with E-state index in [1.54, 1.807) is 41.3 Å². The number of hydrogen-bond donors (Lipinski definition) is 0. The molecular weight excluding hydrogens is 771 g/mol. The van der Waals surface area contributed by atoms with Crippen LogP contribution in [0.15, 0.2) is 109 Å². The number of amides is 5. The predicted octanol–water partition coefficient (Wildman–Crippen LogP) is 8.82. The van der Waals surface area contributed by atoms with Crippen LogP contribution in [0.2, 0.25) is 0 Å². The number of rotatable bonds is 16. The molecule has 4 aromatic rings. The van der Waals surface area contributed by atoms with Crippen molar-refractivity contribution in [2.24, 2.45) is 17.3 Å². The Bertz CT molecular complexity index is 2170. The van der Waals surface area contributed by atoms with Crippen LogP contribution in [0.1, 0.15) is 113 Å². The van der Waals surface area contributed by atoms with Crippen LogP contribution in [-0.2, 0) is 27.4 Å². The first-order valence-corrected chi connectivity index (χ1v) is 21.4. The lowest BCUT2D eigenvalue weighted by Crippen LogP contribution is -2.53. The summed E-state index contributed by atoms with van der Waals surface area (Å²) in [7, 11) is 0. The van der Waals surface area contributed by atoms with Gasteiger partial charge >= 0.3 is 6.09 Å². The van der Waals surface area contributed by atoms with Gasteiger partial charge in [-0.15, -0.1) is 0 Å². The van der Waals surface area contributed by atoms with E-state index in [-0.39, 0.29) is 41.5 Å². The van der Waals surface area contributed by atoms with Gasteiger partial charge in [-0.2, -0.15) is 0 Å². The number of hydrogen-bond acceptors (Lipinski definition) is 8. The Kier molecular flexibility index (Phi) is 12.9. The normalized spacial score (nSPS) is 22.4.